The maximum atomic E-state index is 11.6. The van der Waals surface area contributed by atoms with E-state index >= 15 is 0 Å². The fourth-order valence-electron chi connectivity index (χ4n) is 3.06. The van der Waals surface area contributed by atoms with Gasteiger partial charge in [-0.05, 0) is 75.6 Å². The molecule has 3 aromatic rings. The molecule has 0 aliphatic heterocycles. The van der Waals surface area contributed by atoms with Crippen molar-refractivity contribution in [1.29, 1.82) is 0 Å². The Morgan fingerprint density at radius 3 is 2.57 bits per heavy atom. The number of aromatic nitrogens is 2. The molecule has 6 nitrogen and oxygen atoms in total. The number of pyridine rings is 2. The van der Waals surface area contributed by atoms with Crippen LogP contribution in [0.5, 0.6) is 11.5 Å². The summed E-state index contributed by atoms with van der Waals surface area (Å²) in [6, 6.07) is 13.2. The number of aryl methyl sites for hydroxylation is 3. The summed E-state index contributed by atoms with van der Waals surface area (Å²) in [5.41, 5.74) is 3.33. The first kappa shape index (κ1) is 21.3. The SMILES string of the molecule is CCc1ccc(Oc2ccnc(Nc3cc(C)cc(C(C)(C)C(=O)O)c3)c2)c(C)n1. The van der Waals surface area contributed by atoms with Crippen molar-refractivity contribution in [3.8, 4) is 11.5 Å². The molecule has 0 aliphatic rings. The molecule has 0 atom stereocenters. The second-order valence-electron chi connectivity index (χ2n) is 7.86. The molecule has 0 aliphatic carbocycles. The minimum absolute atomic E-state index is 0.605. The van der Waals surface area contributed by atoms with Gasteiger partial charge in [0.25, 0.3) is 0 Å². The summed E-state index contributed by atoms with van der Waals surface area (Å²) in [7, 11) is 0. The number of nitrogens with one attached hydrogen (secondary N) is 1. The van der Waals surface area contributed by atoms with E-state index in [-0.39, 0.29) is 0 Å². The lowest BCUT2D eigenvalue weighted by Gasteiger charge is -2.21. The van der Waals surface area contributed by atoms with Crippen molar-refractivity contribution >= 4 is 17.5 Å². The minimum Gasteiger partial charge on any atom is -0.481 e. The van der Waals surface area contributed by atoms with Crippen LogP contribution in [0.15, 0.2) is 48.7 Å². The third-order valence-electron chi connectivity index (χ3n) is 5.02. The van der Waals surface area contributed by atoms with E-state index in [1.54, 1.807) is 32.2 Å². The van der Waals surface area contributed by atoms with E-state index in [0.717, 1.165) is 34.6 Å². The molecule has 0 bridgehead atoms. The summed E-state index contributed by atoms with van der Waals surface area (Å²) in [5, 5.41) is 12.8. The van der Waals surface area contributed by atoms with Gasteiger partial charge in [-0.2, -0.15) is 0 Å². The zero-order valence-corrected chi connectivity index (χ0v) is 18.0. The highest BCUT2D eigenvalue weighted by Crippen LogP contribution is 2.30. The molecule has 0 saturated heterocycles. The highest BCUT2D eigenvalue weighted by Gasteiger charge is 2.29. The second kappa shape index (κ2) is 8.53. The van der Waals surface area contributed by atoms with Crippen molar-refractivity contribution in [2.75, 3.05) is 5.32 Å². The largest absolute Gasteiger partial charge is 0.481 e. The number of aliphatic carboxylic acids is 1. The number of carbonyl (C=O) groups is 1. The Bertz CT molecular complexity index is 1080. The van der Waals surface area contributed by atoms with Crippen LogP contribution in [-0.4, -0.2) is 21.0 Å². The highest BCUT2D eigenvalue weighted by molar-refractivity contribution is 5.81. The first-order chi connectivity index (χ1) is 14.2. The average molecular weight is 405 g/mol. The van der Waals surface area contributed by atoms with Gasteiger partial charge < -0.3 is 15.2 Å². The minimum atomic E-state index is -0.990. The van der Waals surface area contributed by atoms with Gasteiger partial charge in [-0.1, -0.05) is 13.0 Å². The van der Waals surface area contributed by atoms with Gasteiger partial charge >= 0.3 is 5.97 Å². The highest BCUT2D eigenvalue weighted by atomic mass is 16.5. The Labute approximate surface area is 177 Å². The predicted molar refractivity (Wildman–Crippen MR) is 118 cm³/mol. The zero-order valence-electron chi connectivity index (χ0n) is 18.0. The van der Waals surface area contributed by atoms with Crippen molar-refractivity contribution in [1.82, 2.24) is 9.97 Å². The Morgan fingerprint density at radius 2 is 1.90 bits per heavy atom. The summed E-state index contributed by atoms with van der Waals surface area (Å²) < 4.78 is 6.00. The van der Waals surface area contributed by atoms with Gasteiger partial charge in [0.1, 0.15) is 17.3 Å². The number of rotatable bonds is 7. The van der Waals surface area contributed by atoms with E-state index in [1.165, 1.54) is 0 Å². The average Bonchev–Trinajstić information content (AvgIpc) is 2.69. The summed E-state index contributed by atoms with van der Waals surface area (Å²) >= 11 is 0. The maximum Gasteiger partial charge on any atom is 0.313 e. The third kappa shape index (κ3) is 4.76. The normalized spacial score (nSPS) is 11.2. The fraction of sp³-hybridized carbons (Fsp3) is 0.292. The number of carboxylic acid groups (broad SMARTS) is 1. The lowest BCUT2D eigenvalue weighted by molar-refractivity contribution is -0.142. The molecule has 0 saturated carbocycles. The number of anilines is 2. The molecule has 0 unspecified atom stereocenters. The third-order valence-corrected chi connectivity index (χ3v) is 5.02. The van der Waals surface area contributed by atoms with Crippen LogP contribution in [0.1, 0.15) is 43.3 Å². The fourth-order valence-corrected chi connectivity index (χ4v) is 3.06. The maximum absolute atomic E-state index is 11.6. The number of ether oxygens (including phenoxy) is 1. The van der Waals surface area contributed by atoms with Crippen molar-refractivity contribution in [3.05, 3.63) is 71.2 Å². The van der Waals surface area contributed by atoms with Gasteiger partial charge in [-0.3, -0.25) is 9.78 Å². The number of nitrogens with zero attached hydrogens (tertiary/aromatic N) is 2. The summed E-state index contributed by atoms with van der Waals surface area (Å²) in [4.78, 5) is 20.5. The summed E-state index contributed by atoms with van der Waals surface area (Å²) in [5.74, 6) is 1.07. The lowest BCUT2D eigenvalue weighted by atomic mass is 9.84. The van der Waals surface area contributed by atoms with E-state index in [1.807, 2.05) is 44.2 Å². The van der Waals surface area contributed by atoms with Crippen LogP contribution in [0.3, 0.4) is 0 Å². The molecular formula is C24H27N3O3. The molecule has 30 heavy (non-hydrogen) atoms. The van der Waals surface area contributed by atoms with Gasteiger partial charge in [0.2, 0.25) is 0 Å². The number of hydrogen-bond acceptors (Lipinski definition) is 5. The van der Waals surface area contributed by atoms with Crippen LogP contribution < -0.4 is 10.1 Å². The smallest absolute Gasteiger partial charge is 0.313 e. The van der Waals surface area contributed by atoms with Crippen LogP contribution >= 0.6 is 0 Å². The van der Waals surface area contributed by atoms with E-state index in [0.29, 0.717) is 17.3 Å². The Hall–Kier alpha value is -3.41. The molecule has 0 fully saturated rings. The molecule has 2 N–H and O–H groups in total. The quantitative estimate of drug-likeness (QED) is 0.536. The van der Waals surface area contributed by atoms with Crippen LogP contribution in [0.2, 0.25) is 0 Å². The van der Waals surface area contributed by atoms with Crippen molar-refractivity contribution < 1.29 is 14.6 Å². The molecule has 2 aromatic heterocycles. The molecular weight excluding hydrogens is 378 g/mol. The molecule has 2 heterocycles. The van der Waals surface area contributed by atoms with Gasteiger partial charge in [-0.15, -0.1) is 0 Å². The van der Waals surface area contributed by atoms with Gasteiger partial charge in [0.05, 0.1) is 11.1 Å². The second-order valence-corrected chi connectivity index (χ2v) is 7.86. The van der Waals surface area contributed by atoms with Crippen molar-refractivity contribution in [3.63, 3.8) is 0 Å². The lowest BCUT2D eigenvalue weighted by Crippen LogP contribution is -2.28. The van der Waals surface area contributed by atoms with E-state index in [9.17, 15) is 9.90 Å². The summed E-state index contributed by atoms with van der Waals surface area (Å²) in [6.45, 7) is 9.32. The number of carboxylic acids is 1. The van der Waals surface area contributed by atoms with Gasteiger partial charge in [0, 0.05) is 23.6 Å². The van der Waals surface area contributed by atoms with E-state index in [2.05, 4.69) is 22.2 Å². The summed E-state index contributed by atoms with van der Waals surface area (Å²) in [6.07, 6.45) is 2.54. The Morgan fingerprint density at radius 1 is 1.13 bits per heavy atom. The number of benzene rings is 1. The number of hydrogen-bond donors (Lipinski definition) is 2. The van der Waals surface area contributed by atoms with Crippen LogP contribution in [-0.2, 0) is 16.6 Å². The molecule has 0 spiro atoms. The first-order valence-electron chi connectivity index (χ1n) is 9.92. The monoisotopic (exact) mass is 405 g/mol. The molecule has 0 amide bonds. The Kier molecular flexibility index (Phi) is 6.06. The molecule has 1 aromatic carbocycles. The van der Waals surface area contributed by atoms with E-state index < -0.39 is 11.4 Å². The molecule has 3 rings (SSSR count). The topological polar surface area (TPSA) is 84.3 Å². The van der Waals surface area contributed by atoms with Crippen molar-refractivity contribution in [2.24, 2.45) is 0 Å². The predicted octanol–water partition coefficient (Wildman–Crippen LogP) is 5.55. The molecule has 156 valence electrons. The molecule has 6 heteroatoms. The zero-order chi connectivity index (χ0) is 21.9. The standard InChI is InChI=1S/C24H27N3O3/c1-6-18-7-8-21(16(3)26-18)30-20-9-10-25-22(14-20)27-19-12-15(2)11-17(13-19)24(4,5)23(28)29/h7-14H,6H2,1-5H3,(H,25,27)(H,28,29). The Balaban J connectivity index is 1.84. The van der Waals surface area contributed by atoms with Crippen molar-refractivity contribution in [2.45, 2.75) is 46.5 Å². The van der Waals surface area contributed by atoms with Crippen LogP contribution in [0.25, 0.3) is 0 Å². The first-order valence-corrected chi connectivity index (χ1v) is 9.92. The van der Waals surface area contributed by atoms with Gasteiger partial charge in [0.15, 0.2) is 0 Å². The van der Waals surface area contributed by atoms with Gasteiger partial charge in [-0.25, -0.2) is 4.98 Å². The van der Waals surface area contributed by atoms with Crippen LogP contribution in [0, 0.1) is 13.8 Å². The van der Waals surface area contributed by atoms with Crippen LogP contribution in [0.4, 0.5) is 11.5 Å². The van der Waals surface area contributed by atoms with E-state index in [4.69, 9.17) is 4.74 Å². The molecule has 0 radical (unpaired) electrons.